The van der Waals surface area contributed by atoms with Crippen LogP contribution in [0.5, 0.6) is 0 Å². The van der Waals surface area contributed by atoms with Crippen LogP contribution in [-0.2, 0) is 6.42 Å². The van der Waals surface area contributed by atoms with Gasteiger partial charge < -0.3 is 10.2 Å². The molecule has 0 radical (unpaired) electrons. The van der Waals surface area contributed by atoms with E-state index >= 15 is 0 Å². The van der Waals surface area contributed by atoms with Crippen LogP contribution in [0.1, 0.15) is 31.9 Å². The van der Waals surface area contributed by atoms with E-state index in [2.05, 4.69) is 0 Å². The van der Waals surface area contributed by atoms with E-state index in [1.807, 2.05) is 12.1 Å². The summed E-state index contributed by atoms with van der Waals surface area (Å²) in [4.78, 5) is 0. The van der Waals surface area contributed by atoms with Gasteiger partial charge in [-0.05, 0) is 38.5 Å². The largest absolute Gasteiger partial charge is 0.387 e. The molecule has 0 aliphatic heterocycles. The lowest BCUT2D eigenvalue weighted by molar-refractivity contribution is -0.118. The average molecular weight is 219 g/mol. The molecule has 86 valence electrons. The zero-order chi connectivity index (χ0) is 12.4. The molecule has 0 heterocycles. The quantitative estimate of drug-likeness (QED) is 0.812. The van der Waals surface area contributed by atoms with Crippen molar-refractivity contribution >= 4 is 0 Å². The van der Waals surface area contributed by atoms with Crippen LogP contribution in [0.4, 0.5) is 0 Å². The Morgan fingerprint density at radius 3 is 2.38 bits per heavy atom. The fourth-order valence-electron chi connectivity index (χ4n) is 1.36. The van der Waals surface area contributed by atoms with Crippen molar-refractivity contribution < 1.29 is 10.2 Å². The predicted octanol–water partition coefficient (Wildman–Crippen LogP) is 1.62. The van der Waals surface area contributed by atoms with E-state index in [-0.39, 0.29) is 0 Å². The standard InChI is InChI=1S/C13H17NO2/c1-12(2,15)13(3,16)8-10-5-4-6-11(7-10)9-14/h4-7,15-16H,8H2,1-3H3. The first-order valence-corrected chi connectivity index (χ1v) is 5.20. The van der Waals surface area contributed by atoms with Crippen LogP contribution in [0.15, 0.2) is 24.3 Å². The molecule has 0 aromatic heterocycles. The second-order valence-corrected chi connectivity index (χ2v) is 4.82. The maximum Gasteiger partial charge on any atom is 0.0991 e. The van der Waals surface area contributed by atoms with Crippen LogP contribution in [0.3, 0.4) is 0 Å². The molecule has 1 aromatic carbocycles. The molecule has 1 unspecified atom stereocenters. The lowest BCUT2D eigenvalue weighted by atomic mass is 9.82. The highest BCUT2D eigenvalue weighted by atomic mass is 16.3. The van der Waals surface area contributed by atoms with Crippen LogP contribution >= 0.6 is 0 Å². The molecule has 0 aliphatic rings. The molecular weight excluding hydrogens is 202 g/mol. The third-order valence-electron chi connectivity index (χ3n) is 2.92. The maximum absolute atomic E-state index is 10.1. The minimum atomic E-state index is -1.22. The predicted molar refractivity (Wildman–Crippen MR) is 61.8 cm³/mol. The van der Waals surface area contributed by atoms with Gasteiger partial charge in [-0.3, -0.25) is 0 Å². The van der Waals surface area contributed by atoms with E-state index in [0.717, 1.165) is 5.56 Å². The summed E-state index contributed by atoms with van der Waals surface area (Å²) in [5, 5.41) is 28.7. The second kappa shape index (κ2) is 4.25. The molecule has 0 aliphatic carbocycles. The first kappa shape index (κ1) is 12.7. The van der Waals surface area contributed by atoms with Gasteiger partial charge in [-0.15, -0.1) is 0 Å². The van der Waals surface area contributed by atoms with Gasteiger partial charge in [-0.25, -0.2) is 0 Å². The van der Waals surface area contributed by atoms with E-state index in [4.69, 9.17) is 5.26 Å². The highest BCUT2D eigenvalue weighted by Gasteiger charge is 2.37. The Balaban J connectivity index is 2.93. The maximum atomic E-state index is 10.1. The number of nitriles is 1. The molecule has 0 saturated carbocycles. The van der Waals surface area contributed by atoms with Gasteiger partial charge in [0, 0.05) is 6.42 Å². The Labute approximate surface area is 96.0 Å². The van der Waals surface area contributed by atoms with E-state index < -0.39 is 11.2 Å². The minimum Gasteiger partial charge on any atom is -0.387 e. The summed E-state index contributed by atoms with van der Waals surface area (Å²) >= 11 is 0. The third kappa shape index (κ3) is 2.82. The van der Waals surface area contributed by atoms with Crippen LogP contribution in [0, 0.1) is 11.3 Å². The van der Waals surface area contributed by atoms with Gasteiger partial charge in [0.05, 0.1) is 22.8 Å². The monoisotopic (exact) mass is 219 g/mol. The Morgan fingerprint density at radius 1 is 1.25 bits per heavy atom. The molecule has 2 N–H and O–H groups in total. The Bertz CT molecular complexity index is 411. The van der Waals surface area contributed by atoms with Crippen LogP contribution < -0.4 is 0 Å². The van der Waals surface area contributed by atoms with Crippen molar-refractivity contribution in [2.24, 2.45) is 0 Å². The molecule has 1 aromatic rings. The highest BCUT2D eigenvalue weighted by Crippen LogP contribution is 2.25. The van der Waals surface area contributed by atoms with Crippen molar-refractivity contribution in [1.82, 2.24) is 0 Å². The highest BCUT2D eigenvalue weighted by molar-refractivity contribution is 5.33. The van der Waals surface area contributed by atoms with E-state index in [1.54, 1.807) is 39.0 Å². The molecule has 1 atom stereocenters. The minimum absolute atomic E-state index is 0.312. The first-order chi connectivity index (χ1) is 7.26. The molecule has 16 heavy (non-hydrogen) atoms. The lowest BCUT2D eigenvalue weighted by Crippen LogP contribution is -2.49. The lowest BCUT2D eigenvalue weighted by Gasteiger charge is -2.35. The van der Waals surface area contributed by atoms with Gasteiger partial charge in [-0.2, -0.15) is 5.26 Å². The number of rotatable bonds is 3. The average Bonchev–Trinajstić information content (AvgIpc) is 2.15. The number of nitrogens with zero attached hydrogens (tertiary/aromatic N) is 1. The van der Waals surface area contributed by atoms with E-state index in [9.17, 15) is 10.2 Å². The molecule has 0 spiro atoms. The van der Waals surface area contributed by atoms with Crippen molar-refractivity contribution in [2.45, 2.75) is 38.4 Å². The van der Waals surface area contributed by atoms with Gasteiger partial charge in [0.2, 0.25) is 0 Å². The molecule has 0 saturated heterocycles. The summed E-state index contributed by atoms with van der Waals surface area (Å²) in [7, 11) is 0. The van der Waals surface area contributed by atoms with E-state index in [0.29, 0.717) is 12.0 Å². The smallest absolute Gasteiger partial charge is 0.0991 e. The molecule has 0 fully saturated rings. The summed E-state index contributed by atoms with van der Waals surface area (Å²) in [5.41, 5.74) is -1.01. The zero-order valence-electron chi connectivity index (χ0n) is 9.86. The Hall–Kier alpha value is -1.37. The van der Waals surface area contributed by atoms with Crippen molar-refractivity contribution in [1.29, 1.82) is 5.26 Å². The van der Waals surface area contributed by atoms with Gasteiger partial charge in [0.25, 0.3) is 0 Å². The van der Waals surface area contributed by atoms with Crippen LogP contribution in [0.2, 0.25) is 0 Å². The Kier molecular flexibility index (Phi) is 3.37. The van der Waals surface area contributed by atoms with Crippen LogP contribution in [0.25, 0.3) is 0 Å². The van der Waals surface area contributed by atoms with Crippen molar-refractivity contribution in [3.63, 3.8) is 0 Å². The fourth-order valence-corrected chi connectivity index (χ4v) is 1.36. The zero-order valence-corrected chi connectivity index (χ0v) is 9.86. The van der Waals surface area contributed by atoms with Crippen molar-refractivity contribution in [2.75, 3.05) is 0 Å². The van der Waals surface area contributed by atoms with Gasteiger partial charge in [0.1, 0.15) is 0 Å². The normalized spacial score (nSPS) is 15.2. The fraction of sp³-hybridized carbons (Fsp3) is 0.462. The molecule has 0 amide bonds. The van der Waals surface area contributed by atoms with Crippen LogP contribution in [-0.4, -0.2) is 21.4 Å². The number of benzene rings is 1. The summed E-state index contributed by atoms with van der Waals surface area (Å²) in [6.45, 7) is 4.73. The summed E-state index contributed by atoms with van der Waals surface area (Å²) in [6, 6.07) is 9.09. The number of hydrogen-bond acceptors (Lipinski definition) is 3. The summed E-state index contributed by atoms with van der Waals surface area (Å²) < 4.78 is 0. The molecule has 3 nitrogen and oxygen atoms in total. The Morgan fingerprint density at radius 2 is 1.88 bits per heavy atom. The first-order valence-electron chi connectivity index (χ1n) is 5.20. The van der Waals surface area contributed by atoms with E-state index in [1.165, 1.54) is 0 Å². The molecule has 3 heteroatoms. The summed E-state index contributed by atoms with van der Waals surface area (Å²) in [6.07, 6.45) is 0.312. The SMILES string of the molecule is CC(C)(O)C(C)(O)Cc1cccc(C#N)c1. The van der Waals surface area contributed by atoms with Gasteiger partial charge in [-0.1, -0.05) is 12.1 Å². The number of hydrogen-bond donors (Lipinski definition) is 2. The summed E-state index contributed by atoms with van der Waals surface area (Å²) in [5.74, 6) is 0. The second-order valence-electron chi connectivity index (χ2n) is 4.82. The molecular formula is C13H17NO2. The third-order valence-corrected chi connectivity index (χ3v) is 2.92. The van der Waals surface area contributed by atoms with Gasteiger partial charge in [0.15, 0.2) is 0 Å². The molecule has 0 bridgehead atoms. The topological polar surface area (TPSA) is 64.2 Å². The van der Waals surface area contributed by atoms with Crippen molar-refractivity contribution in [3.05, 3.63) is 35.4 Å². The molecule has 1 rings (SSSR count). The van der Waals surface area contributed by atoms with Crippen molar-refractivity contribution in [3.8, 4) is 6.07 Å². The number of aliphatic hydroxyl groups is 2. The van der Waals surface area contributed by atoms with Gasteiger partial charge >= 0.3 is 0 Å².